The van der Waals surface area contributed by atoms with Crippen LogP contribution in [0, 0.1) is 5.41 Å². The second kappa shape index (κ2) is 6.49. The molecule has 0 aromatic heterocycles. The highest BCUT2D eigenvalue weighted by atomic mass is 16.5. The van der Waals surface area contributed by atoms with Gasteiger partial charge in [-0.2, -0.15) is 0 Å². The van der Waals surface area contributed by atoms with Crippen LogP contribution in [0.1, 0.15) is 52.9 Å². The Morgan fingerprint density at radius 3 is 2.40 bits per heavy atom. The van der Waals surface area contributed by atoms with E-state index < -0.39 is 0 Å². The van der Waals surface area contributed by atoms with Crippen molar-refractivity contribution in [2.75, 3.05) is 19.8 Å². The molecular formula is C13H27NO. The zero-order chi connectivity index (χ0) is 11.1. The number of ether oxygens (including phenoxy) is 1. The van der Waals surface area contributed by atoms with E-state index in [2.05, 4.69) is 26.1 Å². The minimum Gasteiger partial charge on any atom is -0.380 e. The second-order valence-corrected chi connectivity index (χ2v) is 5.86. The third kappa shape index (κ3) is 6.91. The van der Waals surface area contributed by atoms with Crippen molar-refractivity contribution < 1.29 is 4.74 Å². The molecule has 0 amide bonds. The van der Waals surface area contributed by atoms with Crippen LogP contribution in [0.25, 0.3) is 0 Å². The van der Waals surface area contributed by atoms with Crippen LogP contribution in [0.15, 0.2) is 0 Å². The summed E-state index contributed by atoms with van der Waals surface area (Å²) in [5.74, 6) is 0. The second-order valence-electron chi connectivity index (χ2n) is 5.86. The molecule has 90 valence electrons. The van der Waals surface area contributed by atoms with E-state index in [0.29, 0.717) is 5.41 Å². The summed E-state index contributed by atoms with van der Waals surface area (Å²) in [6.07, 6.45) is 6.69. The van der Waals surface area contributed by atoms with Crippen molar-refractivity contribution in [3.8, 4) is 0 Å². The van der Waals surface area contributed by atoms with Crippen LogP contribution in [0.4, 0.5) is 0 Å². The largest absolute Gasteiger partial charge is 0.380 e. The predicted octanol–water partition coefficient (Wildman–Crippen LogP) is 2.97. The third-order valence-corrected chi connectivity index (χ3v) is 3.03. The average molecular weight is 213 g/mol. The molecule has 0 aromatic rings. The lowest BCUT2D eigenvalue weighted by molar-refractivity contribution is 0.108. The van der Waals surface area contributed by atoms with Gasteiger partial charge in [-0.1, -0.05) is 33.6 Å². The van der Waals surface area contributed by atoms with Gasteiger partial charge in [0, 0.05) is 19.2 Å². The summed E-state index contributed by atoms with van der Waals surface area (Å²) >= 11 is 0. The lowest BCUT2D eigenvalue weighted by Crippen LogP contribution is -2.29. The van der Waals surface area contributed by atoms with E-state index in [-0.39, 0.29) is 0 Å². The van der Waals surface area contributed by atoms with Crippen molar-refractivity contribution in [1.82, 2.24) is 5.32 Å². The average Bonchev–Trinajstić information content (AvgIpc) is 2.61. The van der Waals surface area contributed by atoms with Gasteiger partial charge in [0.2, 0.25) is 0 Å². The molecule has 0 radical (unpaired) electrons. The Balaban J connectivity index is 1.84. The first-order valence-corrected chi connectivity index (χ1v) is 6.39. The van der Waals surface area contributed by atoms with Gasteiger partial charge < -0.3 is 10.1 Å². The number of rotatable bonds is 6. The van der Waals surface area contributed by atoms with E-state index >= 15 is 0 Å². The van der Waals surface area contributed by atoms with Crippen LogP contribution in [0.5, 0.6) is 0 Å². The molecule has 1 rings (SSSR count). The molecule has 0 aliphatic heterocycles. The fraction of sp³-hybridized carbons (Fsp3) is 1.00. The summed E-state index contributed by atoms with van der Waals surface area (Å²) in [6.45, 7) is 9.56. The molecule has 2 nitrogen and oxygen atoms in total. The maximum absolute atomic E-state index is 5.61. The van der Waals surface area contributed by atoms with Crippen LogP contribution >= 0.6 is 0 Å². The van der Waals surface area contributed by atoms with E-state index in [1.165, 1.54) is 25.7 Å². The molecule has 0 bridgehead atoms. The number of hydrogen-bond acceptors (Lipinski definition) is 2. The lowest BCUT2D eigenvalue weighted by atomic mass is 9.93. The molecule has 1 aliphatic carbocycles. The Bertz CT molecular complexity index is 156. The first-order valence-electron chi connectivity index (χ1n) is 6.39. The van der Waals surface area contributed by atoms with E-state index in [1.54, 1.807) is 0 Å². The smallest absolute Gasteiger partial charge is 0.0591 e. The number of nitrogens with one attached hydrogen (secondary N) is 1. The standard InChI is InChI=1S/C13H27NO/c1-13(2,3)8-10-15-11-9-14-12-6-4-5-7-12/h12,14H,4-11H2,1-3H3. The van der Waals surface area contributed by atoms with Gasteiger partial charge in [-0.05, 0) is 24.7 Å². The van der Waals surface area contributed by atoms with Crippen LogP contribution in [0.2, 0.25) is 0 Å². The van der Waals surface area contributed by atoms with Crippen molar-refractivity contribution in [2.24, 2.45) is 5.41 Å². The van der Waals surface area contributed by atoms with E-state index in [0.717, 1.165) is 32.2 Å². The topological polar surface area (TPSA) is 21.3 Å². The number of hydrogen-bond donors (Lipinski definition) is 1. The Hall–Kier alpha value is -0.0800. The molecule has 1 N–H and O–H groups in total. The molecule has 1 saturated carbocycles. The fourth-order valence-corrected chi connectivity index (χ4v) is 1.95. The minimum absolute atomic E-state index is 0.402. The lowest BCUT2D eigenvalue weighted by Gasteiger charge is -2.18. The fourth-order valence-electron chi connectivity index (χ4n) is 1.95. The molecule has 0 unspecified atom stereocenters. The summed E-state index contributed by atoms with van der Waals surface area (Å²) in [6, 6.07) is 0.774. The van der Waals surface area contributed by atoms with Crippen molar-refractivity contribution in [3.05, 3.63) is 0 Å². The Kier molecular flexibility index (Phi) is 5.62. The zero-order valence-electron chi connectivity index (χ0n) is 10.6. The maximum atomic E-state index is 5.61. The van der Waals surface area contributed by atoms with Gasteiger partial charge in [-0.15, -0.1) is 0 Å². The van der Waals surface area contributed by atoms with Gasteiger partial charge in [-0.25, -0.2) is 0 Å². The Labute approximate surface area is 94.8 Å². The summed E-state index contributed by atoms with van der Waals surface area (Å²) in [7, 11) is 0. The summed E-state index contributed by atoms with van der Waals surface area (Å²) < 4.78 is 5.61. The highest BCUT2D eigenvalue weighted by Gasteiger charge is 2.13. The van der Waals surface area contributed by atoms with E-state index in [1.807, 2.05) is 0 Å². The molecule has 1 aliphatic rings. The molecule has 0 saturated heterocycles. The van der Waals surface area contributed by atoms with Crippen molar-refractivity contribution >= 4 is 0 Å². The van der Waals surface area contributed by atoms with Gasteiger partial charge in [0.1, 0.15) is 0 Å². The molecule has 0 aromatic carbocycles. The minimum atomic E-state index is 0.402. The van der Waals surface area contributed by atoms with E-state index in [9.17, 15) is 0 Å². The van der Waals surface area contributed by atoms with Gasteiger partial charge in [-0.3, -0.25) is 0 Å². The van der Waals surface area contributed by atoms with E-state index in [4.69, 9.17) is 4.74 Å². The van der Waals surface area contributed by atoms with Crippen LogP contribution < -0.4 is 5.32 Å². The normalized spacial score (nSPS) is 18.6. The molecule has 0 atom stereocenters. The molecule has 0 spiro atoms. The van der Waals surface area contributed by atoms with Gasteiger partial charge in [0.05, 0.1) is 6.61 Å². The third-order valence-electron chi connectivity index (χ3n) is 3.03. The molecular weight excluding hydrogens is 186 g/mol. The summed E-state index contributed by atoms with van der Waals surface area (Å²) in [5.41, 5.74) is 0.402. The summed E-state index contributed by atoms with van der Waals surface area (Å²) in [5, 5.41) is 3.55. The first-order chi connectivity index (χ1) is 7.08. The molecule has 2 heteroatoms. The van der Waals surface area contributed by atoms with Crippen LogP contribution in [-0.2, 0) is 4.74 Å². The molecule has 15 heavy (non-hydrogen) atoms. The van der Waals surface area contributed by atoms with Crippen molar-refractivity contribution in [2.45, 2.75) is 58.9 Å². The predicted molar refractivity (Wildman–Crippen MR) is 65.1 cm³/mol. The monoisotopic (exact) mass is 213 g/mol. The Morgan fingerprint density at radius 2 is 1.80 bits per heavy atom. The SMILES string of the molecule is CC(C)(C)CCOCCNC1CCCC1. The molecule has 0 heterocycles. The van der Waals surface area contributed by atoms with Gasteiger partial charge in [0.15, 0.2) is 0 Å². The zero-order valence-corrected chi connectivity index (χ0v) is 10.6. The van der Waals surface area contributed by atoms with Crippen LogP contribution in [0.3, 0.4) is 0 Å². The molecule has 1 fully saturated rings. The van der Waals surface area contributed by atoms with Gasteiger partial charge >= 0.3 is 0 Å². The quantitative estimate of drug-likeness (QED) is 0.685. The first kappa shape index (κ1) is 13.0. The maximum Gasteiger partial charge on any atom is 0.0591 e. The van der Waals surface area contributed by atoms with Crippen molar-refractivity contribution in [1.29, 1.82) is 0 Å². The van der Waals surface area contributed by atoms with Gasteiger partial charge in [0.25, 0.3) is 0 Å². The highest BCUT2D eigenvalue weighted by Crippen LogP contribution is 2.18. The van der Waals surface area contributed by atoms with Crippen molar-refractivity contribution in [3.63, 3.8) is 0 Å². The van der Waals surface area contributed by atoms with Crippen LogP contribution in [-0.4, -0.2) is 25.8 Å². The Morgan fingerprint density at radius 1 is 1.13 bits per heavy atom. The summed E-state index contributed by atoms with van der Waals surface area (Å²) in [4.78, 5) is 0. The highest BCUT2D eigenvalue weighted by molar-refractivity contribution is 4.73.